The lowest BCUT2D eigenvalue weighted by atomic mass is 10.2. The maximum absolute atomic E-state index is 12.1. The monoisotopic (exact) mass is 310 g/mol. The van der Waals surface area contributed by atoms with Crippen LogP contribution in [0.5, 0.6) is 11.5 Å². The van der Waals surface area contributed by atoms with Gasteiger partial charge in [-0.05, 0) is 23.8 Å². The Morgan fingerprint density at radius 1 is 1.04 bits per heavy atom. The van der Waals surface area contributed by atoms with E-state index >= 15 is 0 Å². The number of hydrazone groups is 1. The van der Waals surface area contributed by atoms with Crippen LogP contribution >= 0.6 is 0 Å². The van der Waals surface area contributed by atoms with Crippen molar-refractivity contribution < 1.29 is 14.3 Å². The van der Waals surface area contributed by atoms with Crippen LogP contribution in [-0.2, 0) is 0 Å². The second-order valence-electron chi connectivity index (χ2n) is 4.59. The number of nitrogens with one attached hydrogen (secondary N) is 1. The number of carbonyl (C=O) groups excluding carboxylic acids is 1. The van der Waals surface area contributed by atoms with E-state index in [9.17, 15) is 4.79 Å². The highest BCUT2D eigenvalue weighted by molar-refractivity contribution is 5.95. The van der Waals surface area contributed by atoms with Crippen molar-refractivity contribution in [1.82, 2.24) is 5.43 Å². The maximum Gasteiger partial charge on any atom is 0.271 e. The SMILES string of the molecule is COc1cc(OC)cc(C(=O)N/N=C\C=C\c2ccccc2)c1. The molecule has 0 aromatic heterocycles. The summed E-state index contributed by atoms with van der Waals surface area (Å²) in [7, 11) is 3.06. The second-order valence-corrected chi connectivity index (χ2v) is 4.59. The van der Waals surface area contributed by atoms with E-state index in [2.05, 4.69) is 10.5 Å². The Morgan fingerprint density at radius 3 is 2.30 bits per heavy atom. The fraction of sp³-hybridized carbons (Fsp3) is 0.111. The van der Waals surface area contributed by atoms with Crippen molar-refractivity contribution in [1.29, 1.82) is 0 Å². The Balaban J connectivity index is 1.96. The summed E-state index contributed by atoms with van der Waals surface area (Å²) in [6.07, 6.45) is 5.16. The average molecular weight is 310 g/mol. The summed E-state index contributed by atoms with van der Waals surface area (Å²) in [4.78, 5) is 12.1. The number of carbonyl (C=O) groups is 1. The molecule has 2 aromatic rings. The lowest BCUT2D eigenvalue weighted by molar-refractivity contribution is 0.0954. The van der Waals surface area contributed by atoms with Crippen LogP contribution in [0.3, 0.4) is 0 Å². The van der Waals surface area contributed by atoms with Gasteiger partial charge >= 0.3 is 0 Å². The predicted molar refractivity (Wildman–Crippen MR) is 91.0 cm³/mol. The zero-order valence-corrected chi connectivity index (χ0v) is 13.0. The van der Waals surface area contributed by atoms with Crippen molar-refractivity contribution in [3.8, 4) is 11.5 Å². The number of benzene rings is 2. The number of nitrogens with zero attached hydrogens (tertiary/aromatic N) is 1. The number of hydrogen-bond acceptors (Lipinski definition) is 4. The number of rotatable bonds is 6. The van der Waals surface area contributed by atoms with Crippen LogP contribution in [0, 0.1) is 0 Å². The molecule has 0 spiro atoms. The van der Waals surface area contributed by atoms with Crippen LogP contribution in [0.25, 0.3) is 6.08 Å². The van der Waals surface area contributed by atoms with Gasteiger partial charge in [-0.15, -0.1) is 0 Å². The van der Waals surface area contributed by atoms with Crippen molar-refractivity contribution in [2.75, 3.05) is 14.2 Å². The molecule has 0 radical (unpaired) electrons. The minimum absolute atomic E-state index is 0.341. The van der Waals surface area contributed by atoms with Gasteiger partial charge in [-0.1, -0.05) is 36.4 Å². The van der Waals surface area contributed by atoms with Crippen molar-refractivity contribution in [2.45, 2.75) is 0 Å². The first-order valence-electron chi connectivity index (χ1n) is 7.01. The third-order valence-electron chi connectivity index (χ3n) is 3.03. The molecule has 0 heterocycles. The lowest BCUT2D eigenvalue weighted by Gasteiger charge is -2.07. The molecule has 0 atom stereocenters. The molecule has 0 fully saturated rings. The summed E-state index contributed by atoms with van der Waals surface area (Å²) in [5, 5.41) is 3.88. The number of ether oxygens (including phenoxy) is 2. The van der Waals surface area contributed by atoms with Crippen LogP contribution in [0.4, 0.5) is 0 Å². The fourth-order valence-corrected chi connectivity index (χ4v) is 1.86. The molecule has 2 aromatic carbocycles. The molecule has 5 nitrogen and oxygen atoms in total. The summed E-state index contributed by atoms with van der Waals surface area (Å²) in [5.74, 6) is 0.747. The Hall–Kier alpha value is -3.08. The van der Waals surface area contributed by atoms with Crippen LogP contribution in [0.2, 0.25) is 0 Å². The Kier molecular flexibility index (Phi) is 5.94. The Labute approximate surface area is 135 Å². The number of amides is 1. The third-order valence-corrected chi connectivity index (χ3v) is 3.03. The minimum atomic E-state index is -0.341. The molecular formula is C18H18N2O3. The second kappa shape index (κ2) is 8.38. The zero-order valence-electron chi connectivity index (χ0n) is 13.0. The van der Waals surface area contributed by atoms with Crippen molar-refractivity contribution in [3.63, 3.8) is 0 Å². The topological polar surface area (TPSA) is 59.9 Å². The van der Waals surface area contributed by atoms with Gasteiger partial charge in [0.05, 0.1) is 14.2 Å². The largest absolute Gasteiger partial charge is 0.497 e. The fourth-order valence-electron chi connectivity index (χ4n) is 1.86. The van der Waals surface area contributed by atoms with Gasteiger partial charge in [-0.2, -0.15) is 5.10 Å². The zero-order chi connectivity index (χ0) is 16.5. The van der Waals surface area contributed by atoms with E-state index in [0.717, 1.165) is 5.56 Å². The van der Waals surface area contributed by atoms with E-state index in [1.165, 1.54) is 20.4 Å². The molecule has 0 aliphatic heterocycles. The molecule has 0 saturated heterocycles. The molecule has 2 rings (SSSR count). The van der Waals surface area contributed by atoms with Gasteiger partial charge in [0.15, 0.2) is 0 Å². The molecule has 1 amide bonds. The molecule has 0 saturated carbocycles. The lowest BCUT2D eigenvalue weighted by Crippen LogP contribution is -2.17. The number of methoxy groups -OCH3 is 2. The molecule has 0 aliphatic carbocycles. The van der Waals surface area contributed by atoms with Crippen LogP contribution < -0.4 is 14.9 Å². The molecule has 0 unspecified atom stereocenters. The Bertz CT molecular complexity index is 687. The molecule has 1 N–H and O–H groups in total. The Morgan fingerprint density at radius 2 is 1.70 bits per heavy atom. The van der Waals surface area contributed by atoms with Gasteiger partial charge in [0.1, 0.15) is 11.5 Å². The van der Waals surface area contributed by atoms with E-state index < -0.39 is 0 Å². The number of allylic oxidation sites excluding steroid dienone is 1. The average Bonchev–Trinajstić information content (AvgIpc) is 2.61. The smallest absolute Gasteiger partial charge is 0.271 e. The standard InChI is InChI=1S/C18H18N2O3/c1-22-16-11-15(12-17(13-16)23-2)18(21)20-19-10-6-9-14-7-4-3-5-8-14/h3-13H,1-2H3,(H,20,21)/b9-6+,19-10-. The molecule has 23 heavy (non-hydrogen) atoms. The van der Waals surface area contributed by atoms with Crippen LogP contribution in [-0.4, -0.2) is 26.3 Å². The van der Waals surface area contributed by atoms with Gasteiger partial charge in [-0.25, -0.2) is 5.43 Å². The van der Waals surface area contributed by atoms with E-state index in [-0.39, 0.29) is 5.91 Å². The first-order chi connectivity index (χ1) is 11.2. The summed E-state index contributed by atoms with van der Waals surface area (Å²) < 4.78 is 10.3. The van der Waals surface area contributed by atoms with E-state index in [1.807, 2.05) is 36.4 Å². The highest BCUT2D eigenvalue weighted by Gasteiger charge is 2.08. The normalized spacial score (nSPS) is 10.9. The van der Waals surface area contributed by atoms with Gasteiger partial charge in [0, 0.05) is 17.8 Å². The maximum atomic E-state index is 12.1. The van der Waals surface area contributed by atoms with Gasteiger partial charge in [0.25, 0.3) is 5.91 Å². The van der Waals surface area contributed by atoms with Gasteiger partial charge in [-0.3, -0.25) is 4.79 Å². The van der Waals surface area contributed by atoms with Crippen LogP contribution in [0.1, 0.15) is 15.9 Å². The van der Waals surface area contributed by atoms with Crippen LogP contribution in [0.15, 0.2) is 59.7 Å². The van der Waals surface area contributed by atoms with Crippen molar-refractivity contribution in [3.05, 3.63) is 65.7 Å². The summed E-state index contributed by atoms with van der Waals surface area (Å²) >= 11 is 0. The summed E-state index contributed by atoms with van der Waals surface area (Å²) in [6.45, 7) is 0. The highest BCUT2D eigenvalue weighted by Crippen LogP contribution is 2.22. The summed E-state index contributed by atoms with van der Waals surface area (Å²) in [6, 6.07) is 14.7. The van der Waals surface area contributed by atoms with E-state index in [4.69, 9.17) is 9.47 Å². The number of hydrogen-bond donors (Lipinski definition) is 1. The van der Waals surface area contributed by atoms with Gasteiger partial charge in [0.2, 0.25) is 0 Å². The molecule has 5 heteroatoms. The predicted octanol–water partition coefficient (Wildman–Crippen LogP) is 3.13. The van der Waals surface area contributed by atoms with Gasteiger partial charge < -0.3 is 9.47 Å². The first kappa shape index (κ1) is 16.3. The third kappa shape index (κ3) is 5.00. The summed E-state index contributed by atoms with van der Waals surface area (Å²) in [5.41, 5.74) is 3.92. The quantitative estimate of drug-likeness (QED) is 0.658. The highest BCUT2D eigenvalue weighted by atomic mass is 16.5. The minimum Gasteiger partial charge on any atom is -0.497 e. The molecular weight excluding hydrogens is 292 g/mol. The van der Waals surface area contributed by atoms with E-state index in [0.29, 0.717) is 17.1 Å². The van der Waals surface area contributed by atoms with Crippen molar-refractivity contribution >= 4 is 18.2 Å². The molecule has 0 aliphatic rings. The van der Waals surface area contributed by atoms with Crippen molar-refractivity contribution in [2.24, 2.45) is 5.10 Å². The molecule has 118 valence electrons. The first-order valence-corrected chi connectivity index (χ1v) is 7.01. The van der Waals surface area contributed by atoms with E-state index in [1.54, 1.807) is 24.3 Å². The molecule has 0 bridgehead atoms.